The summed E-state index contributed by atoms with van der Waals surface area (Å²) in [4.78, 5) is 6.88. The first-order valence-electron chi connectivity index (χ1n) is 9.05. The number of hydrogen-bond acceptors (Lipinski definition) is 4. The van der Waals surface area contributed by atoms with E-state index in [1.54, 1.807) is 19.2 Å². The zero-order valence-corrected chi connectivity index (χ0v) is 17.2. The van der Waals surface area contributed by atoms with Gasteiger partial charge in [0, 0.05) is 23.8 Å². The number of benzene rings is 2. The molecular weight excluding hydrogens is 399 g/mol. The number of aliphatic imine (C=N–C) groups is 1. The number of nitrogens with one attached hydrogen (secondary N) is 1. The second-order valence-electron chi connectivity index (χ2n) is 6.39. The molecule has 0 aliphatic carbocycles. The molecule has 1 fully saturated rings. The van der Waals surface area contributed by atoms with E-state index < -0.39 is 0 Å². The van der Waals surface area contributed by atoms with Crippen molar-refractivity contribution in [1.82, 2.24) is 4.90 Å². The lowest BCUT2D eigenvalue weighted by Gasteiger charge is -2.34. The normalized spacial score (nSPS) is 16.6. The number of nitrogens with two attached hydrogens (primary N) is 1. The number of ether oxygens (including phenoxy) is 2. The van der Waals surface area contributed by atoms with E-state index in [9.17, 15) is 0 Å². The quantitative estimate of drug-likeness (QED) is 0.546. The molecule has 150 valence electrons. The minimum atomic E-state index is 0.0254. The SMILES string of the molecule is COc1ccc(NC(N)=NCC(c2ccccc2Cl)N2CCOCC2)cc1Cl. The zero-order valence-electron chi connectivity index (χ0n) is 15.7. The van der Waals surface area contributed by atoms with Crippen molar-refractivity contribution in [2.75, 3.05) is 45.3 Å². The van der Waals surface area contributed by atoms with E-state index >= 15 is 0 Å². The van der Waals surface area contributed by atoms with Crippen LogP contribution in [0.5, 0.6) is 5.75 Å². The molecule has 0 saturated carbocycles. The minimum Gasteiger partial charge on any atom is -0.495 e. The van der Waals surface area contributed by atoms with Crippen molar-refractivity contribution in [1.29, 1.82) is 0 Å². The number of rotatable bonds is 6. The first-order chi connectivity index (χ1) is 13.6. The summed E-state index contributed by atoms with van der Waals surface area (Å²) in [6.07, 6.45) is 0. The fourth-order valence-electron chi connectivity index (χ4n) is 3.16. The lowest BCUT2D eigenvalue weighted by atomic mass is 10.0. The smallest absolute Gasteiger partial charge is 0.193 e. The molecule has 1 aliphatic heterocycles. The highest BCUT2D eigenvalue weighted by atomic mass is 35.5. The van der Waals surface area contributed by atoms with Crippen LogP contribution in [0.1, 0.15) is 11.6 Å². The molecule has 1 aliphatic rings. The van der Waals surface area contributed by atoms with Gasteiger partial charge in [0.15, 0.2) is 5.96 Å². The van der Waals surface area contributed by atoms with Crippen LogP contribution in [0.15, 0.2) is 47.5 Å². The first-order valence-corrected chi connectivity index (χ1v) is 9.81. The van der Waals surface area contributed by atoms with E-state index in [4.69, 9.17) is 38.4 Å². The molecule has 0 radical (unpaired) electrons. The lowest BCUT2D eigenvalue weighted by Crippen LogP contribution is -2.40. The molecule has 3 N–H and O–H groups in total. The highest BCUT2D eigenvalue weighted by Crippen LogP contribution is 2.29. The molecule has 0 spiro atoms. The third-order valence-electron chi connectivity index (χ3n) is 4.61. The monoisotopic (exact) mass is 422 g/mol. The van der Waals surface area contributed by atoms with E-state index in [1.807, 2.05) is 30.3 Å². The molecule has 1 atom stereocenters. The summed E-state index contributed by atoms with van der Waals surface area (Å²) in [5, 5.41) is 4.30. The van der Waals surface area contributed by atoms with Crippen LogP contribution in [0.4, 0.5) is 5.69 Å². The van der Waals surface area contributed by atoms with Crippen LogP contribution in [0.25, 0.3) is 0 Å². The third-order valence-corrected chi connectivity index (χ3v) is 5.25. The Hall–Kier alpha value is -1.99. The fourth-order valence-corrected chi connectivity index (χ4v) is 3.68. The van der Waals surface area contributed by atoms with Crippen molar-refractivity contribution in [2.45, 2.75) is 6.04 Å². The summed E-state index contributed by atoms with van der Waals surface area (Å²) in [5.74, 6) is 0.917. The van der Waals surface area contributed by atoms with E-state index in [1.165, 1.54) is 0 Å². The molecule has 0 aromatic heterocycles. The van der Waals surface area contributed by atoms with Gasteiger partial charge in [-0.3, -0.25) is 9.89 Å². The average molecular weight is 423 g/mol. The maximum absolute atomic E-state index is 6.45. The highest BCUT2D eigenvalue weighted by Gasteiger charge is 2.24. The summed E-state index contributed by atoms with van der Waals surface area (Å²) < 4.78 is 10.6. The average Bonchev–Trinajstić information content (AvgIpc) is 2.70. The highest BCUT2D eigenvalue weighted by molar-refractivity contribution is 6.32. The maximum atomic E-state index is 6.45. The number of halogens is 2. The zero-order chi connectivity index (χ0) is 19.9. The molecule has 0 bridgehead atoms. The van der Waals surface area contributed by atoms with Crippen LogP contribution in [0.3, 0.4) is 0 Å². The third kappa shape index (κ3) is 5.29. The molecule has 2 aromatic carbocycles. The van der Waals surface area contributed by atoms with Gasteiger partial charge >= 0.3 is 0 Å². The molecule has 0 amide bonds. The fraction of sp³-hybridized carbons (Fsp3) is 0.350. The summed E-state index contributed by atoms with van der Waals surface area (Å²) in [7, 11) is 1.57. The summed E-state index contributed by atoms with van der Waals surface area (Å²) in [5.41, 5.74) is 7.89. The number of methoxy groups -OCH3 is 1. The summed E-state index contributed by atoms with van der Waals surface area (Å²) in [6.45, 7) is 3.53. The van der Waals surface area contributed by atoms with Crippen LogP contribution >= 0.6 is 23.2 Å². The molecule has 3 rings (SSSR count). The van der Waals surface area contributed by atoms with Crippen LogP contribution < -0.4 is 15.8 Å². The summed E-state index contributed by atoms with van der Waals surface area (Å²) in [6, 6.07) is 13.2. The predicted molar refractivity (Wildman–Crippen MR) is 115 cm³/mol. The largest absolute Gasteiger partial charge is 0.495 e. The second-order valence-corrected chi connectivity index (χ2v) is 7.20. The van der Waals surface area contributed by atoms with Gasteiger partial charge in [0.05, 0.1) is 37.9 Å². The van der Waals surface area contributed by atoms with Crippen LogP contribution in [-0.4, -0.2) is 50.8 Å². The van der Waals surface area contributed by atoms with Gasteiger partial charge in [-0.2, -0.15) is 0 Å². The van der Waals surface area contributed by atoms with Gasteiger partial charge in [-0.05, 0) is 29.8 Å². The van der Waals surface area contributed by atoms with Gasteiger partial charge in [0.25, 0.3) is 0 Å². The first kappa shape index (κ1) is 20.7. The van der Waals surface area contributed by atoms with Crippen molar-refractivity contribution in [3.63, 3.8) is 0 Å². The van der Waals surface area contributed by atoms with E-state index in [0.29, 0.717) is 36.5 Å². The molecular formula is C20H24Cl2N4O2. The molecule has 1 heterocycles. The van der Waals surface area contributed by atoms with Gasteiger partial charge in [-0.15, -0.1) is 0 Å². The van der Waals surface area contributed by atoms with Crippen molar-refractivity contribution in [2.24, 2.45) is 10.7 Å². The van der Waals surface area contributed by atoms with Gasteiger partial charge in [0.2, 0.25) is 0 Å². The van der Waals surface area contributed by atoms with E-state index in [-0.39, 0.29) is 6.04 Å². The Balaban J connectivity index is 1.74. The minimum absolute atomic E-state index is 0.0254. The number of nitrogens with zero attached hydrogens (tertiary/aromatic N) is 2. The van der Waals surface area contributed by atoms with Gasteiger partial charge in [-0.25, -0.2) is 0 Å². The Morgan fingerprint density at radius 2 is 1.96 bits per heavy atom. The second kappa shape index (κ2) is 9.98. The number of morpholine rings is 1. The van der Waals surface area contributed by atoms with Crippen LogP contribution in [0, 0.1) is 0 Å². The Bertz CT molecular complexity index is 826. The van der Waals surface area contributed by atoms with Crippen LogP contribution in [0.2, 0.25) is 10.0 Å². The van der Waals surface area contributed by atoms with Crippen molar-refractivity contribution in [3.8, 4) is 5.75 Å². The molecule has 6 nitrogen and oxygen atoms in total. The number of guanidine groups is 1. The predicted octanol–water partition coefficient (Wildman–Crippen LogP) is 3.80. The molecule has 28 heavy (non-hydrogen) atoms. The van der Waals surface area contributed by atoms with Crippen molar-refractivity contribution < 1.29 is 9.47 Å². The topological polar surface area (TPSA) is 72.1 Å². The van der Waals surface area contributed by atoms with Crippen molar-refractivity contribution in [3.05, 3.63) is 58.1 Å². The Labute approximate surface area is 175 Å². The van der Waals surface area contributed by atoms with Gasteiger partial charge in [0.1, 0.15) is 5.75 Å². The van der Waals surface area contributed by atoms with E-state index in [2.05, 4.69) is 15.2 Å². The number of anilines is 1. The van der Waals surface area contributed by atoms with Crippen LogP contribution in [-0.2, 0) is 4.74 Å². The Morgan fingerprint density at radius 1 is 1.21 bits per heavy atom. The number of hydrogen-bond donors (Lipinski definition) is 2. The maximum Gasteiger partial charge on any atom is 0.193 e. The Kier molecular flexibility index (Phi) is 7.39. The summed E-state index contributed by atoms with van der Waals surface area (Å²) >= 11 is 12.6. The van der Waals surface area contributed by atoms with Gasteiger partial charge in [-0.1, -0.05) is 41.4 Å². The molecule has 1 unspecified atom stereocenters. The molecule has 1 saturated heterocycles. The molecule has 2 aromatic rings. The van der Waals surface area contributed by atoms with Gasteiger partial charge < -0.3 is 20.5 Å². The van der Waals surface area contributed by atoms with Crippen molar-refractivity contribution >= 4 is 34.8 Å². The Morgan fingerprint density at radius 3 is 2.64 bits per heavy atom. The standard InChI is InChI=1S/C20H24Cl2N4O2/c1-27-19-7-6-14(12-17(19)22)25-20(23)24-13-18(26-8-10-28-11-9-26)15-4-2-3-5-16(15)21/h2-7,12,18H,8-11,13H2,1H3,(H3,23,24,25). The lowest BCUT2D eigenvalue weighted by molar-refractivity contribution is 0.0180. The van der Waals surface area contributed by atoms with E-state index in [0.717, 1.165) is 29.4 Å². The molecule has 8 heteroatoms.